The maximum Gasteiger partial charge on any atom is 0.293 e. The SMILES string of the molecule is CC(C)(C)n1ccnc(N2CCCCC2CO)c1=O. The first-order valence-electron chi connectivity index (χ1n) is 6.91. The zero-order valence-corrected chi connectivity index (χ0v) is 12.0. The van der Waals surface area contributed by atoms with Crippen molar-refractivity contribution in [1.29, 1.82) is 0 Å². The Bertz CT molecular complexity index is 490. The smallest absolute Gasteiger partial charge is 0.293 e. The summed E-state index contributed by atoms with van der Waals surface area (Å²) in [6.07, 6.45) is 6.46. The topological polar surface area (TPSA) is 58.4 Å². The molecule has 1 aliphatic heterocycles. The number of aliphatic hydroxyl groups excluding tert-OH is 1. The van der Waals surface area contributed by atoms with Gasteiger partial charge in [-0.15, -0.1) is 0 Å². The van der Waals surface area contributed by atoms with Gasteiger partial charge in [-0.05, 0) is 40.0 Å². The van der Waals surface area contributed by atoms with Crippen LogP contribution in [-0.4, -0.2) is 33.9 Å². The number of nitrogens with zero attached hydrogens (tertiary/aromatic N) is 3. The molecule has 5 nitrogen and oxygen atoms in total. The Morgan fingerprint density at radius 3 is 2.79 bits per heavy atom. The molecule has 0 radical (unpaired) electrons. The van der Waals surface area contributed by atoms with Crippen LogP contribution in [0.15, 0.2) is 17.2 Å². The number of aliphatic hydroxyl groups is 1. The zero-order chi connectivity index (χ0) is 14.0. The molecule has 2 rings (SSSR count). The molecule has 1 atom stereocenters. The Labute approximate surface area is 113 Å². The maximum absolute atomic E-state index is 12.6. The van der Waals surface area contributed by atoms with E-state index >= 15 is 0 Å². The third-order valence-electron chi connectivity index (χ3n) is 3.66. The second kappa shape index (κ2) is 5.33. The molecule has 0 saturated carbocycles. The van der Waals surface area contributed by atoms with Crippen LogP contribution in [0.2, 0.25) is 0 Å². The van der Waals surface area contributed by atoms with Gasteiger partial charge < -0.3 is 14.6 Å². The van der Waals surface area contributed by atoms with Crippen molar-refractivity contribution in [3.8, 4) is 0 Å². The predicted molar refractivity (Wildman–Crippen MR) is 75.6 cm³/mol. The average Bonchev–Trinajstić information content (AvgIpc) is 2.37. The summed E-state index contributed by atoms with van der Waals surface area (Å²) in [4.78, 5) is 18.8. The van der Waals surface area contributed by atoms with Crippen molar-refractivity contribution in [1.82, 2.24) is 9.55 Å². The van der Waals surface area contributed by atoms with Gasteiger partial charge in [-0.25, -0.2) is 4.98 Å². The molecule has 0 spiro atoms. The minimum atomic E-state index is -0.265. The van der Waals surface area contributed by atoms with Gasteiger partial charge in [0.25, 0.3) is 5.56 Å². The van der Waals surface area contributed by atoms with Gasteiger partial charge in [-0.3, -0.25) is 4.79 Å². The number of piperidine rings is 1. The summed E-state index contributed by atoms with van der Waals surface area (Å²) in [5.41, 5.74) is -0.338. The number of hydrogen-bond donors (Lipinski definition) is 1. The molecular weight excluding hydrogens is 242 g/mol. The van der Waals surface area contributed by atoms with Gasteiger partial charge in [-0.2, -0.15) is 0 Å². The summed E-state index contributed by atoms with van der Waals surface area (Å²) in [6, 6.07) is 0.0183. The molecule has 2 heterocycles. The average molecular weight is 265 g/mol. The van der Waals surface area contributed by atoms with Crippen molar-refractivity contribution in [2.45, 2.75) is 51.6 Å². The lowest BCUT2D eigenvalue weighted by atomic mass is 10.0. The van der Waals surface area contributed by atoms with Crippen molar-refractivity contribution < 1.29 is 5.11 Å². The van der Waals surface area contributed by atoms with Gasteiger partial charge in [0.05, 0.1) is 12.6 Å². The number of anilines is 1. The summed E-state index contributed by atoms with van der Waals surface area (Å²) in [5.74, 6) is 0.469. The van der Waals surface area contributed by atoms with Crippen LogP contribution in [-0.2, 0) is 5.54 Å². The van der Waals surface area contributed by atoms with Gasteiger partial charge >= 0.3 is 0 Å². The van der Waals surface area contributed by atoms with E-state index in [2.05, 4.69) is 4.98 Å². The molecule has 19 heavy (non-hydrogen) atoms. The van der Waals surface area contributed by atoms with E-state index in [0.717, 1.165) is 25.8 Å². The lowest BCUT2D eigenvalue weighted by Gasteiger charge is -2.35. The Balaban J connectivity index is 2.42. The molecule has 1 unspecified atom stereocenters. The molecule has 0 bridgehead atoms. The molecule has 0 aromatic carbocycles. The fraction of sp³-hybridized carbons (Fsp3) is 0.714. The van der Waals surface area contributed by atoms with E-state index in [0.29, 0.717) is 5.82 Å². The lowest BCUT2D eigenvalue weighted by molar-refractivity contribution is 0.239. The van der Waals surface area contributed by atoms with E-state index in [1.165, 1.54) is 0 Å². The van der Waals surface area contributed by atoms with E-state index in [1.807, 2.05) is 25.7 Å². The summed E-state index contributed by atoms with van der Waals surface area (Å²) >= 11 is 0. The molecular formula is C14H23N3O2. The molecule has 1 aromatic rings. The molecule has 0 amide bonds. The molecule has 106 valence electrons. The number of aromatic nitrogens is 2. The van der Waals surface area contributed by atoms with Crippen molar-refractivity contribution >= 4 is 5.82 Å². The fourth-order valence-electron chi connectivity index (χ4n) is 2.60. The highest BCUT2D eigenvalue weighted by atomic mass is 16.3. The van der Waals surface area contributed by atoms with Crippen LogP contribution in [0.25, 0.3) is 0 Å². The van der Waals surface area contributed by atoms with Crippen LogP contribution in [0, 0.1) is 0 Å². The van der Waals surface area contributed by atoms with Crippen molar-refractivity contribution in [3.05, 3.63) is 22.7 Å². The quantitative estimate of drug-likeness (QED) is 0.877. The van der Waals surface area contributed by atoms with Gasteiger partial charge in [0.15, 0.2) is 5.82 Å². The Morgan fingerprint density at radius 1 is 1.42 bits per heavy atom. The largest absolute Gasteiger partial charge is 0.394 e. The Kier molecular flexibility index (Phi) is 3.94. The van der Waals surface area contributed by atoms with Crippen LogP contribution >= 0.6 is 0 Å². The third kappa shape index (κ3) is 2.81. The van der Waals surface area contributed by atoms with Crippen LogP contribution < -0.4 is 10.5 Å². The highest BCUT2D eigenvalue weighted by Crippen LogP contribution is 2.21. The molecule has 1 N–H and O–H groups in total. The number of hydrogen-bond acceptors (Lipinski definition) is 4. The summed E-state index contributed by atoms with van der Waals surface area (Å²) < 4.78 is 1.71. The minimum Gasteiger partial charge on any atom is -0.394 e. The van der Waals surface area contributed by atoms with Crippen LogP contribution in [0.1, 0.15) is 40.0 Å². The second-order valence-corrected chi connectivity index (χ2v) is 6.12. The molecule has 5 heteroatoms. The van der Waals surface area contributed by atoms with Crippen LogP contribution in [0.5, 0.6) is 0 Å². The normalized spacial score (nSPS) is 20.6. The first-order chi connectivity index (χ1) is 8.95. The van der Waals surface area contributed by atoms with Crippen molar-refractivity contribution in [3.63, 3.8) is 0 Å². The molecule has 0 aliphatic carbocycles. The van der Waals surface area contributed by atoms with E-state index in [9.17, 15) is 9.90 Å². The third-order valence-corrected chi connectivity index (χ3v) is 3.66. The molecule has 1 aromatic heterocycles. The highest BCUT2D eigenvalue weighted by Gasteiger charge is 2.26. The molecule has 1 fully saturated rings. The zero-order valence-electron chi connectivity index (χ0n) is 12.0. The second-order valence-electron chi connectivity index (χ2n) is 6.12. The van der Waals surface area contributed by atoms with Crippen molar-refractivity contribution in [2.75, 3.05) is 18.1 Å². The first-order valence-corrected chi connectivity index (χ1v) is 6.91. The van der Waals surface area contributed by atoms with Crippen LogP contribution in [0.3, 0.4) is 0 Å². The van der Waals surface area contributed by atoms with E-state index < -0.39 is 0 Å². The lowest BCUT2D eigenvalue weighted by Crippen LogP contribution is -2.47. The van der Waals surface area contributed by atoms with Gasteiger partial charge in [0.2, 0.25) is 0 Å². The fourth-order valence-corrected chi connectivity index (χ4v) is 2.60. The number of rotatable bonds is 2. The maximum atomic E-state index is 12.6. The van der Waals surface area contributed by atoms with E-state index in [1.54, 1.807) is 17.0 Å². The standard InChI is InChI=1S/C14H23N3O2/c1-14(2,3)17-9-7-15-12(13(17)19)16-8-5-4-6-11(16)10-18/h7,9,11,18H,4-6,8,10H2,1-3H3. The van der Waals surface area contributed by atoms with Gasteiger partial charge in [0, 0.05) is 24.5 Å². The predicted octanol–water partition coefficient (Wildman–Crippen LogP) is 1.35. The summed E-state index contributed by atoms with van der Waals surface area (Å²) in [7, 11) is 0. The monoisotopic (exact) mass is 265 g/mol. The van der Waals surface area contributed by atoms with Crippen LogP contribution in [0.4, 0.5) is 5.82 Å². The van der Waals surface area contributed by atoms with Crippen molar-refractivity contribution in [2.24, 2.45) is 0 Å². The van der Waals surface area contributed by atoms with E-state index in [-0.39, 0.29) is 23.7 Å². The van der Waals surface area contributed by atoms with Gasteiger partial charge in [0.1, 0.15) is 0 Å². The van der Waals surface area contributed by atoms with Gasteiger partial charge in [-0.1, -0.05) is 0 Å². The Morgan fingerprint density at radius 2 is 2.16 bits per heavy atom. The first kappa shape index (κ1) is 14.1. The highest BCUT2D eigenvalue weighted by molar-refractivity contribution is 5.38. The minimum absolute atomic E-state index is 0.0183. The molecule has 1 saturated heterocycles. The summed E-state index contributed by atoms with van der Waals surface area (Å²) in [5, 5.41) is 9.46. The Hall–Kier alpha value is -1.36. The summed E-state index contributed by atoms with van der Waals surface area (Å²) in [6.45, 7) is 6.86. The van der Waals surface area contributed by atoms with E-state index in [4.69, 9.17) is 0 Å². The molecule has 1 aliphatic rings.